The molecule has 0 saturated heterocycles. The zero-order chi connectivity index (χ0) is 15.4. The Morgan fingerprint density at radius 1 is 1.18 bits per heavy atom. The Labute approximate surface area is 140 Å². The molecule has 0 saturated carbocycles. The topological polar surface area (TPSA) is 54.9 Å². The van der Waals surface area contributed by atoms with Gasteiger partial charge in [-0.25, -0.2) is 4.98 Å². The van der Waals surface area contributed by atoms with Crippen molar-refractivity contribution in [3.63, 3.8) is 0 Å². The lowest BCUT2D eigenvalue weighted by Gasteiger charge is -2.04. The fourth-order valence-corrected chi connectivity index (χ4v) is 3.15. The summed E-state index contributed by atoms with van der Waals surface area (Å²) >= 11 is 4.91. The summed E-state index contributed by atoms with van der Waals surface area (Å²) in [6.07, 6.45) is 3.48. The third-order valence-corrected chi connectivity index (χ3v) is 4.59. The van der Waals surface area contributed by atoms with Crippen LogP contribution >= 0.6 is 27.3 Å². The van der Waals surface area contributed by atoms with Gasteiger partial charge in [0.25, 0.3) is 5.91 Å². The Morgan fingerprint density at radius 2 is 1.95 bits per heavy atom. The van der Waals surface area contributed by atoms with Gasteiger partial charge in [0, 0.05) is 27.8 Å². The third kappa shape index (κ3) is 3.40. The molecule has 1 amide bonds. The summed E-state index contributed by atoms with van der Waals surface area (Å²) in [7, 11) is 0. The third-order valence-electron chi connectivity index (χ3n) is 3.05. The van der Waals surface area contributed by atoms with Crippen LogP contribution in [0.5, 0.6) is 0 Å². The summed E-state index contributed by atoms with van der Waals surface area (Å²) in [4.78, 5) is 20.7. The fraction of sp³-hybridized carbons (Fsp3) is 0.0625. The quantitative estimate of drug-likeness (QED) is 0.754. The number of carbonyl (C=O) groups is 1. The number of halogens is 1. The summed E-state index contributed by atoms with van der Waals surface area (Å²) in [6.45, 7) is 0.413. The minimum absolute atomic E-state index is 0.117. The molecule has 1 N–H and O–H groups in total. The molecule has 6 heteroatoms. The number of rotatable bonds is 4. The van der Waals surface area contributed by atoms with Crippen LogP contribution < -0.4 is 5.32 Å². The molecule has 1 aromatic carbocycles. The van der Waals surface area contributed by atoms with Crippen molar-refractivity contribution >= 4 is 33.2 Å². The van der Waals surface area contributed by atoms with Gasteiger partial charge in [-0.05, 0) is 40.2 Å². The number of amides is 1. The van der Waals surface area contributed by atoms with E-state index in [0.29, 0.717) is 12.1 Å². The van der Waals surface area contributed by atoms with Gasteiger partial charge in [-0.15, -0.1) is 11.3 Å². The van der Waals surface area contributed by atoms with Crippen molar-refractivity contribution < 1.29 is 4.79 Å². The number of thiazole rings is 1. The van der Waals surface area contributed by atoms with Crippen molar-refractivity contribution in [3.8, 4) is 11.3 Å². The van der Waals surface area contributed by atoms with Crippen molar-refractivity contribution in [2.24, 2.45) is 0 Å². The monoisotopic (exact) mass is 373 g/mol. The van der Waals surface area contributed by atoms with Crippen molar-refractivity contribution in [2.45, 2.75) is 6.54 Å². The number of nitrogens with one attached hydrogen (secondary N) is 1. The molecule has 0 atom stereocenters. The lowest BCUT2D eigenvalue weighted by atomic mass is 10.2. The molecule has 22 heavy (non-hydrogen) atoms. The first-order valence-electron chi connectivity index (χ1n) is 6.61. The number of pyridine rings is 1. The Morgan fingerprint density at radius 3 is 2.73 bits per heavy atom. The van der Waals surface area contributed by atoms with Crippen LogP contribution in [0.2, 0.25) is 0 Å². The summed E-state index contributed by atoms with van der Waals surface area (Å²) in [5, 5.41) is 5.74. The van der Waals surface area contributed by atoms with E-state index in [-0.39, 0.29) is 5.91 Å². The largest absolute Gasteiger partial charge is 0.345 e. The summed E-state index contributed by atoms with van der Waals surface area (Å²) in [6, 6.07) is 11.2. The number of hydrogen-bond acceptors (Lipinski definition) is 4. The van der Waals surface area contributed by atoms with Crippen LogP contribution in [0.1, 0.15) is 15.4 Å². The van der Waals surface area contributed by atoms with Gasteiger partial charge in [0.05, 0.1) is 17.8 Å². The van der Waals surface area contributed by atoms with E-state index in [9.17, 15) is 4.79 Å². The van der Waals surface area contributed by atoms with Gasteiger partial charge in [0.2, 0.25) is 0 Å². The maximum Gasteiger partial charge on any atom is 0.252 e. The highest BCUT2D eigenvalue weighted by Gasteiger charge is 2.10. The summed E-state index contributed by atoms with van der Waals surface area (Å²) in [5.41, 5.74) is 2.54. The van der Waals surface area contributed by atoms with E-state index in [4.69, 9.17) is 0 Å². The summed E-state index contributed by atoms with van der Waals surface area (Å²) < 4.78 is 0.782. The van der Waals surface area contributed by atoms with Gasteiger partial charge in [-0.1, -0.05) is 12.1 Å². The molecule has 110 valence electrons. The first-order chi connectivity index (χ1) is 10.7. The number of nitrogens with zero attached hydrogens (tertiary/aromatic N) is 2. The number of benzene rings is 1. The Balaban J connectivity index is 1.67. The molecule has 0 aliphatic heterocycles. The van der Waals surface area contributed by atoms with Gasteiger partial charge in [0.1, 0.15) is 5.01 Å². The van der Waals surface area contributed by atoms with E-state index in [1.165, 1.54) is 11.3 Å². The molecule has 3 rings (SSSR count). The fourth-order valence-electron chi connectivity index (χ4n) is 1.94. The van der Waals surface area contributed by atoms with Gasteiger partial charge in [0.15, 0.2) is 0 Å². The maximum absolute atomic E-state index is 12.1. The predicted molar refractivity (Wildman–Crippen MR) is 90.7 cm³/mol. The van der Waals surface area contributed by atoms with Gasteiger partial charge >= 0.3 is 0 Å². The van der Waals surface area contributed by atoms with Crippen LogP contribution in [0, 0.1) is 0 Å². The van der Waals surface area contributed by atoms with E-state index >= 15 is 0 Å². The number of hydrogen-bond donors (Lipinski definition) is 1. The standard InChI is InChI=1S/C16H12BrN3OS/c17-13-4-2-1-3-12(13)16(21)19-9-15-20-14(10-22-15)11-5-7-18-8-6-11/h1-8,10H,9H2,(H,19,21). The van der Waals surface area contributed by atoms with E-state index in [0.717, 1.165) is 20.7 Å². The van der Waals surface area contributed by atoms with Gasteiger partial charge in [-0.2, -0.15) is 0 Å². The zero-order valence-electron chi connectivity index (χ0n) is 11.5. The molecular formula is C16H12BrN3OS. The Bertz CT molecular complexity index is 789. The van der Waals surface area contributed by atoms with Crippen LogP contribution in [-0.4, -0.2) is 15.9 Å². The molecule has 0 aliphatic rings. The van der Waals surface area contributed by atoms with Crippen molar-refractivity contribution in [3.05, 3.63) is 69.2 Å². The molecule has 0 unspecified atom stereocenters. The molecule has 2 heterocycles. The lowest BCUT2D eigenvalue weighted by Crippen LogP contribution is -2.23. The first kappa shape index (κ1) is 14.9. The summed E-state index contributed by atoms with van der Waals surface area (Å²) in [5.74, 6) is -0.117. The molecule has 4 nitrogen and oxygen atoms in total. The van der Waals surface area contributed by atoms with E-state index in [1.54, 1.807) is 18.5 Å². The smallest absolute Gasteiger partial charge is 0.252 e. The van der Waals surface area contributed by atoms with Crippen molar-refractivity contribution in [1.82, 2.24) is 15.3 Å². The number of carbonyl (C=O) groups excluding carboxylic acids is 1. The molecule has 0 aliphatic carbocycles. The van der Waals surface area contributed by atoms with Crippen LogP contribution in [0.4, 0.5) is 0 Å². The molecule has 2 aromatic heterocycles. The zero-order valence-corrected chi connectivity index (χ0v) is 13.9. The van der Waals surface area contributed by atoms with E-state index in [2.05, 4.69) is 31.2 Å². The van der Waals surface area contributed by atoms with Gasteiger partial charge in [-0.3, -0.25) is 9.78 Å². The molecule has 3 aromatic rings. The highest BCUT2D eigenvalue weighted by molar-refractivity contribution is 9.10. The van der Waals surface area contributed by atoms with E-state index in [1.807, 2.05) is 35.7 Å². The second-order valence-corrected chi connectivity index (χ2v) is 6.32. The van der Waals surface area contributed by atoms with Crippen LogP contribution in [0.15, 0.2) is 58.6 Å². The minimum atomic E-state index is -0.117. The number of aromatic nitrogens is 2. The second kappa shape index (κ2) is 6.81. The van der Waals surface area contributed by atoms with Crippen molar-refractivity contribution in [1.29, 1.82) is 0 Å². The lowest BCUT2D eigenvalue weighted by molar-refractivity contribution is 0.0950. The SMILES string of the molecule is O=C(NCc1nc(-c2ccncc2)cs1)c1ccccc1Br. The van der Waals surface area contributed by atoms with Gasteiger partial charge < -0.3 is 5.32 Å². The first-order valence-corrected chi connectivity index (χ1v) is 8.29. The minimum Gasteiger partial charge on any atom is -0.345 e. The maximum atomic E-state index is 12.1. The molecule has 0 fully saturated rings. The predicted octanol–water partition coefficient (Wildman–Crippen LogP) is 3.90. The molecule has 0 radical (unpaired) electrons. The average molecular weight is 374 g/mol. The Kier molecular flexibility index (Phi) is 4.60. The van der Waals surface area contributed by atoms with Crippen molar-refractivity contribution in [2.75, 3.05) is 0 Å². The van der Waals surface area contributed by atoms with E-state index < -0.39 is 0 Å². The molecule has 0 spiro atoms. The molecular weight excluding hydrogens is 362 g/mol. The highest BCUT2D eigenvalue weighted by Crippen LogP contribution is 2.21. The van der Waals surface area contributed by atoms with Crippen LogP contribution in [-0.2, 0) is 6.54 Å². The average Bonchev–Trinajstić information content (AvgIpc) is 3.03. The second-order valence-electron chi connectivity index (χ2n) is 4.52. The van der Waals surface area contributed by atoms with Crippen LogP contribution in [0.25, 0.3) is 11.3 Å². The molecule has 0 bridgehead atoms. The normalized spacial score (nSPS) is 10.4. The Hall–Kier alpha value is -2.05. The van der Waals surface area contributed by atoms with Crippen LogP contribution in [0.3, 0.4) is 0 Å². The highest BCUT2D eigenvalue weighted by atomic mass is 79.9.